The van der Waals surface area contributed by atoms with Crippen LogP contribution in [0.1, 0.15) is 0 Å². The van der Waals surface area contributed by atoms with Crippen LogP contribution < -0.4 is 31.6 Å². The van der Waals surface area contributed by atoms with Gasteiger partial charge in [-0.2, -0.15) is 0 Å². The van der Waals surface area contributed by atoms with Gasteiger partial charge in [0.15, 0.2) is 0 Å². The molecule has 2 heterocycles. The Morgan fingerprint density at radius 2 is 2.17 bits per heavy atom. The molecular weight excluding hydrogens is 328 g/mol. The summed E-state index contributed by atoms with van der Waals surface area (Å²) in [6.45, 7) is 8.30. The molecule has 102 valence electrons. The van der Waals surface area contributed by atoms with Crippen molar-refractivity contribution < 1.29 is 26.3 Å². The van der Waals surface area contributed by atoms with Crippen molar-refractivity contribution in [2.75, 3.05) is 11.6 Å². The fraction of sp³-hybridized carbons (Fsp3) is 0.583. The minimum atomic E-state index is -0.993. The number of anilines is 1. The molecule has 0 aliphatic carbocycles. The average molecular weight is 349 g/mol. The second kappa shape index (κ2) is 6.30. The van der Waals surface area contributed by atoms with Crippen LogP contribution in [-0.2, 0) is 6.54 Å². The summed E-state index contributed by atoms with van der Waals surface area (Å²) in [5, 5.41) is 3.41. The number of ether oxygens (including phenoxy) is 1. The lowest BCUT2D eigenvalue weighted by Crippen LogP contribution is -3.00. The maximum atomic E-state index is 5.77. The van der Waals surface area contributed by atoms with E-state index in [2.05, 4.69) is 48.0 Å². The number of pyridine rings is 1. The molecular formula is C12H21BrN2OSSi. The summed E-state index contributed by atoms with van der Waals surface area (Å²) >= 11 is 1.68. The SMILES string of the molecule is CSC1Nc2c(ccc[n+]2CC[Si](C)(C)C)O1.[Br-]. The van der Waals surface area contributed by atoms with E-state index in [1.165, 1.54) is 6.04 Å². The molecule has 1 unspecified atom stereocenters. The third kappa shape index (κ3) is 3.90. The smallest absolute Gasteiger partial charge is 0.321 e. The molecule has 0 bridgehead atoms. The molecule has 0 amide bonds. The molecule has 0 fully saturated rings. The lowest BCUT2D eigenvalue weighted by Gasteiger charge is -2.14. The molecule has 1 aliphatic heterocycles. The number of halogens is 1. The highest BCUT2D eigenvalue weighted by atomic mass is 79.9. The van der Waals surface area contributed by atoms with Crippen molar-refractivity contribution in [3.8, 4) is 5.75 Å². The molecule has 1 atom stereocenters. The van der Waals surface area contributed by atoms with Crippen LogP contribution in [0.25, 0.3) is 0 Å². The molecule has 18 heavy (non-hydrogen) atoms. The van der Waals surface area contributed by atoms with E-state index < -0.39 is 8.07 Å². The number of nitrogens with zero attached hydrogens (tertiary/aromatic N) is 1. The molecule has 3 nitrogen and oxygen atoms in total. The molecule has 1 aromatic heterocycles. The third-order valence-corrected chi connectivity index (χ3v) is 5.21. The second-order valence-corrected chi connectivity index (χ2v) is 12.1. The van der Waals surface area contributed by atoms with Crippen LogP contribution in [0.5, 0.6) is 5.75 Å². The highest BCUT2D eigenvalue weighted by Gasteiger charge is 2.31. The van der Waals surface area contributed by atoms with E-state index in [0.717, 1.165) is 18.1 Å². The minimum Gasteiger partial charge on any atom is -1.00 e. The summed E-state index contributed by atoms with van der Waals surface area (Å²) in [4.78, 5) is 0. The van der Waals surface area contributed by atoms with Gasteiger partial charge < -0.3 is 21.7 Å². The summed E-state index contributed by atoms with van der Waals surface area (Å²) in [5.74, 6) is 2.10. The molecule has 2 rings (SSSR count). The van der Waals surface area contributed by atoms with Crippen LogP contribution in [0.15, 0.2) is 18.3 Å². The number of aromatic nitrogens is 1. The Morgan fingerprint density at radius 3 is 2.78 bits per heavy atom. The van der Waals surface area contributed by atoms with Gasteiger partial charge in [0.2, 0.25) is 5.75 Å². The Labute approximate surface area is 125 Å². The van der Waals surface area contributed by atoms with Crippen molar-refractivity contribution in [2.24, 2.45) is 0 Å². The number of hydrogen-bond donors (Lipinski definition) is 1. The quantitative estimate of drug-likeness (QED) is 0.601. The zero-order valence-corrected chi connectivity index (χ0v) is 14.8. The summed E-state index contributed by atoms with van der Waals surface area (Å²) in [6.07, 6.45) is 4.19. The van der Waals surface area contributed by atoms with Crippen molar-refractivity contribution in [1.82, 2.24) is 0 Å². The van der Waals surface area contributed by atoms with Crippen LogP contribution in [0, 0.1) is 0 Å². The fourth-order valence-electron chi connectivity index (χ4n) is 1.78. The van der Waals surface area contributed by atoms with Crippen molar-refractivity contribution in [3.63, 3.8) is 0 Å². The molecule has 0 spiro atoms. The van der Waals surface area contributed by atoms with Crippen LogP contribution in [0.3, 0.4) is 0 Å². The predicted molar refractivity (Wildman–Crippen MR) is 76.3 cm³/mol. The first kappa shape index (κ1) is 15.9. The van der Waals surface area contributed by atoms with Crippen LogP contribution in [0.2, 0.25) is 25.7 Å². The van der Waals surface area contributed by atoms with Gasteiger partial charge >= 0.3 is 5.82 Å². The van der Waals surface area contributed by atoms with Crippen molar-refractivity contribution >= 4 is 25.7 Å². The Hall–Kier alpha value is -0.203. The number of fused-ring (bicyclic) bond motifs is 1. The number of hydrogen-bond acceptors (Lipinski definition) is 3. The van der Waals surface area contributed by atoms with Gasteiger partial charge in [-0.15, -0.1) is 0 Å². The Morgan fingerprint density at radius 1 is 1.44 bits per heavy atom. The maximum absolute atomic E-state index is 5.77. The minimum absolute atomic E-state index is 0. The fourth-order valence-corrected chi connectivity index (χ4v) is 3.13. The summed E-state index contributed by atoms with van der Waals surface area (Å²) in [6, 6.07) is 5.39. The molecule has 0 saturated carbocycles. The molecule has 1 aromatic rings. The highest BCUT2D eigenvalue weighted by molar-refractivity contribution is 7.99. The number of aryl methyl sites for hydroxylation is 1. The monoisotopic (exact) mass is 348 g/mol. The lowest BCUT2D eigenvalue weighted by atomic mass is 10.4. The number of thioether (sulfide) groups is 1. The van der Waals surface area contributed by atoms with Gasteiger partial charge in [0.05, 0.1) is 12.7 Å². The van der Waals surface area contributed by atoms with Crippen LogP contribution in [-0.4, -0.2) is 19.9 Å². The van der Waals surface area contributed by atoms with E-state index in [1.807, 2.05) is 6.07 Å². The van der Waals surface area contributed by atoms with Gasteiger partial charge in [-0.25, -0.2) is 9.88 Å². The van der Waals surface area contributed by atoms with Gasteiger partial charge in [-0.3, -0.25) is 0 Å². The predicted octanol–water partition coefficient (Wildman–Crippen LogP) is -0.233. The van der Waals surface area contributed by atoms with Gasteiger partial charge in [0.25, 0.3) is 5.56 Å². The zero-order chi connectivity index (χ0) is 12.5. The van der Waals surface area contributed by atoms with Crippen LogP contribution >= 0.6 is 11.8 Å². The third-order valence-electron chi connectivity index (χ3n) is 2.84. The summed E-state index contributed by atoms with van der Waals surface area (Å²) in [7, 11) is -0.993. The van der Waals surface area contributed by atoms with Gasteiger partial charge in [-0.05, 0) is 24.4 Å². The molecule has 6 heteroatoms. The van der Waals surface area contributed by atoms with E-state index in [-0.39, 0.29) is 22.5 Å². The van der Waals surface area contributed by atoms with Crippen LogP contribution in [0.4, 0.5) is 5.82 Å². The van der Waals surface area contributed by atoms with Crippen molar-refractivity contribution in [3.05, 3.63) is 18.3 Å². The first-order chi connectivity index (χ1) is 7.99. The molecule has 0 aromatic carbocycles. The maximum Gasteiger partial charge on any atom is 0.321 e. The van der Waals surface area contributed by atoms with Crippen molar-refractivity contribution in [2.45, 2.75) is 37.8 Å². The number of nitrogens with one attached hydrogen (secondary N) is 1. The second-order valence-electron chi connectivity index (χ2n) is 5.55. The van der Waals surface area contributed by atoms with Gasteiger partial charge in [0.1, 0.15) is 0 Å². The lowest BCUT2D eigenvalue weighted by molar-refractivity contribution is -0.679. The Bertz CT molecular complexity index is 412. The van der Waals surface area contributed by atoms with Crippen molar-refractivity contribution in [1.29, 1.82) is 0 Å². The van der Waals surface area contributed by atoms with E-state index in [4.69, 9.17) is 4.74 Å². The average Bonchev–Trinajstić information content (AvgIpc) is 2.68. The Kier molecular flexibility index (Phi) is 5.55. The first-order valence-electron chi connectivity index (χ1n) is 5.98. The highest BCUT2D eigenvalue weighted by Crippen LogP contribution is 2.31. The first-order valence-corrected chi connectivity index (χ1v) is 11.0. The van der Waals surface area contributed by atoms with E-state index in [9.17, 15) is 0 Å². The molecule has 0 saturated heterocycles. The summed E-state index contributed by atoms with van der Waals surface area (Å²) < 4.78 is 8.05. The molecule has 1 aliphatic rings. The molecule has 0 radical (unpaired) electrons. The standard InChI is InChI=1S/C12H20N2OSSi.BrH/c1-16-12-13-11-10(15-12)6-5-7-14(11)8-9-17(2,3)4;/h5-7,12H,8-9H2,1-4H3;1H. The normalized spacial score (nSPS) is 17.4. The molecule has 1 N–H and O–H groups in total. The van der Waals surface area contributed by atoms with E-state index >= 15 is 0 Å². The van der Waals surface area contributed by atoms with Gasteiger partial charge in [0, 0.05) is 8.07 Å². The summed E-state index contributed by atoms with van der Waals surface area (Å²) in [5.41, 5.74) is 0.0607. The van der Waals surface area contributed by atoms with Gasteiger partial charge in [-0.1, -0.05) is 31.4 Å². The Balaban J connectivity index is 0.00000162. The topological polar surface area (TPSA) is 25.1 Å². The zero-order valence-electron chi connectivity index (χ0n) is 11.4. The number of rotatable bonds is 4. The van der Waals surface area contributed by atoms with E-state index in [1.54, 1.807) is 11.8 Å². The largest absolute Gasteiger partial charge is 1.00 e. The van der Waals surface area contributed by atoms with E-state index in [0.29, 0.717) is 0 Å².